The largest absolute Gasteiger partial charge is 0.381 e. The molecule has 0 bridgehead atoms. The molecule has 5 rings (SSSR count). The summed E-state index contributed by atoms with van der Waals surface area (Å²) in [6.45, 7) is 2.34. The van der Waals surface area contributed by atoms with Crippen molar-refractivity contribution >= 4 is 23.6 Å². The summed E-state index contributed by atoms with van der Waals surface area (Å²) in [4.78, 5) is 24.2. The van der Waals surface area contributed by atoms with Gasteiger partial charge in [0.15, 0.2) is 0 Å². The van der Waals surface area contributed by atoms with Crippen molar-refractivity contribution < 1.29 is 13.9 Å². The van der Waals surface area contributed by atoms with Crippen LogP contribution in [-0.2, 0) is 24.8 Å². The zero-order valence-corrected chi connectivity index (χ0v) is 20.1. The van der Waals surface area contributed by atoms with Crippen molar-refractivity contribution in [1.29, 1.82) is 0 Å². The van der Waals surface area contributed by atoms with Crippen LogP contribution in [-0.4, -0.2) is 56.5 Å². The van der Waals surface area contributed by atoms with Gasteiger partial charge in [0, 0.05) is 45.2 Å². The minimum atomic E-state index is -0.631. The van der Waals surface area contributed by atoms with E-state index in [2.05, 4.69) is 20.7 Å². The van der Waals surface area contributed by atoms with Gasteiger partial charge in [-0.15, -0.1) is 0 Å². The molecule has 4 heterocycles. The van der Waals surface area contributed by atoms with E-state index in [0.717, 1.165) is 37.3 Å². The topological polar surface area (TPSA) is 97.2 Å². The number of rotatable bonds is 5. The fraction of sp³-hybridized carbons (Fsp3) is 0.417. The number of amides is 2. The average Bonchev–Trinajstić information content (AvgIpc) is 3.30. The molecule has 0 saturated carbocycles. The summed E-state index contributed by atoms with van der Waals surface area (Å²) in [5.41, 5.74) is 3.02. The van der Waals surface area contributed by atoms with Gasteiger partial charge in [0.25, 0.3) is 0 Å². The molecule has 2 amide bonds. The van der Waals surface area contributed by atoms with Crippen LogP contribution in [0.4, 0.5) is 15.1 Å². The molecular formula is C24H27ClFN7O2. The summed E-state index contributed by atoms with van der Waals surface area (Å²) in [5, 5.41) is 10.9. The Balaban J connectivity index is 1.32. The standard InChI is InChI=1S/C24H27ClFN7O2/c1-32-8-5-20(31-32)22(15-2-3-18(25)19(26)12-15)30-24(34)33-9-4-16-13-27-23(29-21(16)14-33)28-17-6-10-35-11-7-17/h2-3,5,8,12-13,17,22H,4,6-7,9-11,14H2,1H3,(H,30,34)(H,27,28,29). The van der Waals surface area contributed by atoms with Gasteiger partial charge >= 0.3 is 6.03 Å². The maximum absolute atomic E-state index is 14.2. The Bertz CT molecular complexity index is 1210. The smallest absolute Gasteiger partial charge is 0.318 e. The molecule has 0 spiro atoms. The van der Waals surface area contributed by atoms with Gasteiger partial charge in [-0.3, -0.25) is 4.68 Å². The molecule has 1 aromatic carbocycles. The monoisotopic (exact) mass is 499 g/mol. The SMILES string of the molecule is Cn1ccc(C(NC(=O)N2CCc3cnc(NC4CCOCC4)nc3C2)c2ccc(Cl)c(F)c2)n1. The lowest BCUT2D eigenvalue weighted by Crippen LogP contribution is -2.44. The highest BCUT2D eigenvalue weighted by molar-refractivity contribution is 6.30. The number of hydrogen-bond acceptors (Lipinski definition) is 6. The molecule has 2 aromatic heterocycles. The highest BCUT2D eigenvalue weighted by atomic mass is 35.5. The minimum absolute atomic E-state index is 0.0253. The first-order valence-electron chi connectivity index (χ1n) is 11.7. The van der Waals surface area contributed by atoms with Crippen LogP contribution in [0.5, 0.6) is 0 Å². The Kier molecular flexibility index (Phi) is 6.83. The summed E-state index contributed by atoms with van der Waals surface area (Å²) in [5.74, 6) is 0.0217. The lowest BCUT2D eigenvalue weighted by atomic mass is 10.0. The zero-order valence-electron chi connectivity index (χ0n) is 19.4. The molecule has 9 nitrogen and oxygen atoms in total. The first-order valence-corrected chi connectivity index (χ1v) is 12.0. The van der Waals surface area contributed by atoms with E-state index >= 15 is 0 Å². The molecule has 1 unspecified atom stereocenters. The Hall–Kier alpha value is -3.24. The number of carbonyl (C=O) groups excluding carboxylic acids is 1. The van der Waals surface area contributed by atoms with Gasteiger partial charge in [0.2, 0.25) is 5.95 Å². The first-order chi connectivity index (χ1) is 17.0. The second-order valence-electron chi connectivity index (χ2n) is 8.84. The van der Waals surface area contributed by atoms with Crippen LogP contribution in [0.3, 0.4) is 0 Å². The number of benzene rings is 1. The van der Waals surface area contributed by atoms with Gasteiger partial charge in [-0.25, -0.2) is 19.2 Å². The fourth-order valence-electron chi connectivity index (χ4n) is 4.39. The molecule has 3 aromatic rings. The third-order valence-corrected chi connectivity index (χ3v) is 6.67. The summed E-state index contributed by atoms with van der Waals surface area (Å²) in [6.07, 6.45) is 6.10. The van der Waals surface area contributed by atoms with Crippen LogP contribution in [0.1, 0.15) is 41.4 Å². The Morgan fingerprint density at radius 3 is 2.86 bits per heavy atom. The number of ether oxygens (including phenoxy) is 1. The molecule has 0 radical (unpaired) electrons. The molecule has 35 heavy (non-hydrogen) atoms. The maximum Gasteiger partial charge on any atom is 0.318 e. The minimum Gasteiger partial charge on any atom is -0.381 e. The molecule has 2 N–H and O–H groups in total. The van der Waals surface area contributed by atoms with Crippen LogP contribution in [0, 0.1) is 5.82 Å². The van der Waals surface area contributed by atoms with E-state index in [9.17, 15) is 9.18 Å². The molecule has 11 heteroatoms. The van der Waals surface area contributed by atoms with Gasteiger partial charge < -0.3 is 20.3 Å². The molecule has 1 fully saturated rings. The van der Waals surface area contributed by atoms with Crippen molar-refractivity contribution in [2.75, 3.05) is 25.1 Å². The molecule has 2 aliphatic heterocycles. The predicted octanol–water partition coefficient (Wildman–Crippen LogP) is 3.45. The number of halogens is 2. The highest BCUT2D eigenvalue weighted by Crippen LogP contribution is 2.26. The van der Waals surface area contributed by atoms with Crippen molar-refractivity contribution in [2.45, 2.75) is 37.9 Å². The molecule has 1 saturated heterocycles. The maximum atomic E-state index is 14.2. The Labute approximate surface area is 207 Å². The van der Waals surface area contributed by atoms with Crippen molar-refractivity contribution in [1.82, 2.24) is 30.0 Å². The number of fused-ring (bicyclic) bond motifs is 1. The molecule has 2 aliphatic rings. The zero-order chi connectivity index (χ0) is 24.4. The van der Waals surface area contributed by atoms with E-state index in [-0.39, 0.29) is 17.1 Å². The molecule has 0 aliphatic carbocycles. The van der Waals surface area contributed by atoms with Gasteiger partial charge in [-0.05, 0) is 48.6 Å². The highest BCUT2D eigenvalue weighted by Gasteiger charge is 2.27. The molecule has 1 atom stereocenters. The van der Waals surface area contributed by atoms with Crippen LogP contribution in [0.25, 0.3) is 0 Å². The number of nitrogens with one attached hydrogen (secondary N) is 2. The number of urea groups is 1. The van der Waals surface area contributed by atoms with E-state index in [4.69, 9.17) is 21.3 Å². The van der Waals surface area contributed by atoms with Crippen molar-refractivity contribution in [3.63, 3.8) is 0 Å². The fourth-order valence-corrected chi connectivity index (χ4v) is 4.51. The number of hydrogen-bond donors (Lipinski definition) is 2. The summed E-state index contributed by atoms with van der Waals surface area (Å²) in [7, 11) is 1.79. The number of aromatic nitrogens is 4. The molecular weight excluding hydrogens is 473 g/mol. The normalized spacial score (nSPS) is 17.1. The molecule has 184 valence electrons. The summed E-state index contributed by atoms with van der Waals surface area (Å²) < 4.78 is 21.3. The first kappa shape index (κ1) is 23.5. The van der Waals surface area contributed by atoms with Gasteiger partial charge in [0.1, 0.15) is 11.9 Å². The van der Waals surface area contributed by atoms with Gasteiger partial charge in [-0.2, -0.15) is 5.10 Å². The van der Waals surface area contributed by atoms with Crippen LogP contribution >= 0.6 is 11.6 Å². The van der Waals surface area contributed by atoms with Crippen molar-refractivity contribution in [2.24, 2.45) is 7.05 Å². The van der Waals surface area contributed by atoms with E-state index in [1.54, 1.807) is 35.0 Å². The van der Waals surface area contributed by atoms with E-state index in [1.807, 2.05) is 6.20 Å². The number of carbonyl (C=O) groups is 1. The Morgan fingerprint density at radius 2 is 2.11 bits per heavy atom. The second-order valence-corrected chi connectivity index (χ2v) is 9.25. The third kappa shape index (κ3) is 5.38. The lowest BCUT2D eigenvalue weighted by Gasteiger charge is -2.30. The van der Waals surface area contributed by atoms with Crippen LogP contribution in [0.15, 0.2) is 36.7 Å². The summed E-state index contributed by atoms with van der Waals surface area (Å²) in [6, 6.07) is 5.67. The average molecular weight is 500 g/mol. The number of aryl methyl sites for hydroxylation is 1. The quantitative estimate of drug-likeness (QED) is 0.558. The third-order valence-electron chi connectivity index (χ3n) is 6.36. The van der Waals surface area contributed by atoms with E-state index in [1.165, 1.54) is 12.1 Å². The van der Waals surface area contributed by atoms with Gasteiger partial charge in [0.05, 0.1) is 23.0 Å². The number of nitrogens with zero attached hydrogens (tertiary/aromatic N) is 5. The van der Waals surface area contributed by atoms with Gasteiger partial charge in [-0.1, -0.05) is 17.7 Å². The second kappa shape index (κ2) is 10.2. The Morgan fingerprint density at radius 1 is 1.29 bits per heavy atom. The van der Waals surface area contributed by atoms with Crippen molar-refractivity contribution in [3.05, 3.63) is 70.0 Å². The van der Waals surface area contributed by atoms with E-state index < -0.39 is 11.9 Å². The number of anilines is 1. The predicted molar refractivity (Wildman–Crippen MR) is 129 cm³/mol. The lowest BCUT2D eigenvalue weighted by molar-refractivity contribution is 0.0903. The van der Waals surface area contributed by atoms with Crippen LogP contribution in [0.2, 0.25) is 5.02 Å². The summed E-state index contributed by atoms with van der Waals surface area (Å²) >= 11 is 5.87. The van der Waals surface area contributed by atoms with Crippen molar-refractivity contribution in [3.8, 4) is 0 Å². The van der Waals surface area contributed by atoms with E-state index in [0.29, 0.717) is 36.7 Å². The van der Waals surface area contributed by atoms with Crippen LogP contribution < -0.4 is 10.6 Å².